The number of halogens is 1. The Morgan fingerprint density at radius 1 is 1.07 bits per heavy atom. The van der Waals surface area contributed by atoms with Gasteiger partial charge in [-0.25, -0.2) is 8.42 Å². The largest absolute Gasteiger partial charge is 0.496 e. The molecule has 0 aliphatic carbocycles. The number of amides is 1. The molecule has 0 fully saturated rings. The van der Waals surface area contributed by atoms with Gasteiger partial charge >= 0.3 is 0 Å². The molecule has 0 saturated carbocycles. The van der Waals surface area contributed by atoms with Gasteiger partial charge in [-0.15, -0.1) is 0 Å². The number of methoxy groups -OCH3 is 1. The molecule has 0 aliphatic heterocycles. The van der Waals surface area contributed by atoms with Gasteiger partial charge in [0.05, 0.1) is 19.1 Å². The zero-order valence-corrected chi connectivity index (χ0v) is 17.0. The molecule has 7 nitrogen and oxygen atoms in total. The van der Waals surface area contributed by atoms with Gasteiger partial charge < -0.3 is 9.64 Å². The van der Waals surface area contributed by atoms with E-state index in [1.807, 2.05) is 0 Å². The molecule has 2 aromatic rings. The second-order valence-corrected chi connectivity index (χ2v) is 8.11. The molecule has 0 bridgehead atoms. The van der Waals surface area contributed by atoms with E-state index in [4.69, 9.17) is 21.2 Å². The highest BCUT2D eigenvalue weighted by Gasteiger charge is 2.21. The fourth-order valence-electron chi connectivity index (χ4n) is 2.43. The van der Waals surface area contributed by atoms with Gasteiger partial charge in [0.25, 0.3) is 15.9 Å². The Hall–Kier alpha value is -2.13. The SMILES string of the molecule is COc1ccc(Cl)cc1CN(C)C(=O)c1ccc(S(=O)(=O)N(C)OC)cc1. The smallest absolute Gasteiger partial charge is 0.264 e. The number of hydrogen-bond donors (Lipinski definition) is 0. The van der Waals surface area contributed by atoms with Crippen LogP contribution in [0, 0.1) is 0 Å². The van der Waals surface area contributed by atoms with Crippen LogP contribution in [0.5, 0.6) is 5.75 Å². The lowest BCUT2D eigenvalue weighted by atomic mass is 10.1. The summed E-state index contributed by atoms with van der Waals surface area (Å²) in [5.41, 5.74) is 1.12. The highest BCUT2D eigenvalue weighted by Crippen LogP contribution is 2.24. The molecule has 0 radical (unpaired) electrons. The van der Waals surface area contributed by atoms with Crippen molar-refractivity contribution in [3.8, 4) is 5.75 Å². The number of carbonyl (C=O) groups excluding carboxylic acids is 1. The minimum absolute atomic E-state index is 0.0302. The topological polar surface area (TPSA) is 76.2 Å². The molecule has 0 unspecified atom stereocenters. The molecular formula is C18H21ClN2O5S. The Labute approximate surface area is 164 Å². The van der Waals surface area contributed by atoms with Crippen molar-refractivity contribution in [2.45, 2.75) is 11.4 Å². The minimum Gasteiger partial charge on any atom is -0.496 e. The van der Waals surface area contributed by atoms with Crippen LogP contribution in [0.25, 0.3) is 0 Å². The van der Waals surface area contributed by atoms with Crippen molar-refractivity contribution < 1.29 is 22.8 Å². The first-order valence-corrected chi connectivity index (χ1v) is 9.73. The second-order valence-electron chi connectivity index (χ2n) is 5.74. The summed E-state index contributed by atoms with van der Waals surface area (Å²) in [6, 6.07) is 10.8. The van der Waals surface area contributed by atoms with Crippen molar-refractivity contribution in [1.82, 2.24) is 9.37 Å². The molecule has 0 saturated heterocycles. The Morgan fingerprint density at radius 3 is 2.26 bits per heavy atom. The fourth-order valence-corrected chi connectivity index (χ4v) is 3.60. The maximum atomic E-state index is 12.7. The van der Waals surface area contributed by atoms with Crippen molar-refractivity contribution in [1.29, 1.82) is 0 Å². The average Bonchev–Trinajstić information content (AvgIpc) is 2.66. The normalized spacial score (nSPS) is 11.5. The number of hydrogen-bond acceptors (Lipinski definition) is 5. The Morgan fingerprint density at radius 2 is 1.70 bits per heavy atom. The molecule has 27 heavy (non-hydrogen) atoms. The average molecular weight is 413 g/mol. The highest BCUT2D eigenvalue weighted by atomic mass is 35.5. The summed E-state index contributed by atoms with van der Waals surface area (Å²) < 4.78 is 30.4. The molecular weight excluding hydrogens is 392 g/mol. The highest BCUT2D eigenvalue weighted by molar-refractivity contribution is 7.89. The van der Waals surface area contributed by atoms with E-state index in [1.165, 1.54) is 43.3 Å². The Bertz CT molecular complexity index is 916. The van der Waals surface area contributed by atoms with E-state index in [1.54, 1.807) is 32.4 Å². The van der Waals surface area contributed by atoms with Gasteiger partial charge in [0, 0.05) is 36.8 Å². The predicted molar refractivity (Wildman–Crippen MR) is 102 cm³/mol. The van der Waals surface area contributed by atoms with Crippen LogP contribution in [-0.2, 0) is 21.4 Å². The van der Waals surface area contributed by atoms with Gasteiger partial charge in [0.1, 0.15) is 5.75 Å². The minimum atomic E-state index is -3.76. The summed E-state index contributed by atoms with van der Waals surface area (Å²) in [5, 5.41) is 0.545. The van der Waals surface area contributed by atoms with E-state index in [-0.39, 0.29) is 17.3 Å². The predicted octanol–water partition coefficient (Wildman–Crippen LogP) is 2.80. The molecule has 0 N–H and O–H groups in total. The molecule has 2 aromatic carbocycles. The summed E-state index contributed by atoms with van der Waals surface area (Å²) in [6.07, 6.45) is 0. The van der Waals surface area contributed by atoms with Gasteiger partial charge in [-0.05, 0) is 42.5 Å². The van der Waals surface area contributed by atoms with E-state index in [2.05, 4.69) is 0 Å². The molecule has 0 aromatic heterocycles. The van der Waals surface area contributed by atoms with Crippen LogP contribution in [0.3, 0.4) is 0 Å². The van der Waals surface area contributed by atoms with Crippen LogP contribution in [0.2, 0.25) is 5.02 Å². The molecule has 146 valence electrons. The lowest BCUT2D eigenvalue weighted by Gasteiger charge is -2.19. The standard InChI is InChI=1S/C18H21ClN2O5S/c1-20(12-14-11-15(19)7-10-17(14)25-3)18(22)13-5-8-16(9-6-13)27(23,24)21(2)26-4/h5-11H,12H2,1-4H3. The lowest BCUT2D eigenvalue weighted by Crippen LogP contribution is -2.27. The Balaban J connectivity index is 2.19. The van der Waals surface area contributed by atoms with Gasteiger partial charge in [0.2, 0.25) is 0 Å². The van der Waals surface area contributed by atoms with E-state index < -0.39 is 10.0 Å². The molecule has 1 amide bonds. The maximum Gasteiger partial charge on any atom is 0.264 e. The van der Waals surface area contributed by atoms with Crippen LogP contribution in [0.15, 0.2) is 47.4 Å². The summed E-state index contributed by atoms with van der Waals surface area (Å²) in [7, 11) is 1.98. The van der Waals surface area contributed by atoms with E-state index in [0.29, 0.717) is 16.3 Å². The third-order valence-electron chi connectivity index (χ3n) is 3.99. The number of hydroxylamine groups is 1. The molecule has 0 heterocycles. The van der Waals surface area contributed by atoms with Crippen LogP contribution in [0.4, 0.5) is 0 Å². The summed E-state index contributed by atoms with van der Waals surface area (Å²) >= 11 is 6.02. The summed E-state index contributed by atoms with van der Waals surface area (Å²) in [4.78, 5) is 18.9. The molecule has 0 atom stereocenters. The molecule has 0 spiro atoms. The zero-order chi connectivity index (χ0) is 20.2. The van der Waals surface area contributed by atoms with Crippen LogP contribution >= 0.6 is 11.6 Å². The first-order valence-electron chi connectivity index (χ1n) is 7.91. The number of nitrogens with zero attached hydrogens (tertiary/aromatic N) is 2. The van der Waals surface area contributed by atoms with Gasteiger partial charge in [0.15, 0.2) is 0 Å². The summed E-state index contributed by atoms with van der Waals surface area (Å²) in [6.45, 7) is 0.287. The first kappa shape index (κ1) is 21.2. The number of carbonyl (C=O) groups is 1. The third-order valence-corrected chi connectivity index (χ3v) is 5.92. The van der Waals surface area contributed by atoms with E-state index >= 15 is 0 Å². The van der Waals surface area contributed by atoms with Crippen molar-refractivity contribution in [3.63, 3.8) is 0 Å². The van der Waals surface area contributed by atoms with Crippen LogP contribution < -0.4 is 4.74 Å². The number of ether oxygens (including phenoxy) is 1. The Kier molecular flexibility index (Phi) is 6.83. The fraction of sp³-hybridized carbons (Fsp3) is 0.278. The van der Waals surface area contributed by atoms with Gasteiger partial charge in [-0.2, -0.15) is 0 Å². The van der Waals surface area contributed by atoms with Crippen LogP contribution in [0.1, 0.15) is 15.9 Å². The van der Waals surface area contributed by atoms with Crippen LogP contribution in [-0.4, -0.2) is 52.0 Å². The number of rotatable bonds is 7. The lowest BCUT2D eigenvalue weighted by molar-refractivity contribution is -0.0258. The monoisotopic (exact) mass is 412 g/mol. The quantitative estimate of drug-likeness (QED) is 0.653. The number of benzene rings is 2. The van der Waals surface area contributed by atoms with Gasteiger partial charge in [-0.3, -0.25) is 9.63 Å². The molecule has 9 heteroatoms. The maximum absolute atomic E-state index is 12.7. The second kappa shape index (κ2) is 8.71. The van der Waals surface area contributed by atoms with Crippen molar-refractivity contribution in [2.24, 2.45) is 0 Å². The summed E-state index contributed by atoms with van der Waals surface area (Å²) in [5.74, 6) is 0.365. The van der Waals surface area contributed by atoms with Crippen molar-refractivity contribution >= 4 is 27.5 Å². The van der Waals surface area contributed by atoms with Gasteiger partial charge in [-0.1, -0.05) is 16.1 Å². The van der Waals surface area contributed by atoms with Crippen molar-refractivity contribution in [3.05, 3.63) is 58.6 Å². The first-order chi connectivity index (χ1) is 12.7. The zero-order valence-electron chi connectivity index (χ0n) is 15.5. The third kappa shape index (κ3) is 4.78. The molecule has 2 rings (SSSR count). The molecule has 0 aliphatic rings. The van der Waals surface area contributed by atoms with E-state index in [9.17, 15) is 13.2 Å². The van der Waals surface area contributed by atoms with E-state index in [0.717, 1.165) is 10.0 Å². The number of sulfonamides is 1. The van der Waals surface area contributed by atoms with Crippen molar-refractivity contribution in [2.75, 3.05) is 28.3 Å².